The zero-order valence-corrected chi connectivity index (χ0v) is 15.6. The van der Waals surface area contributed by atoms with Gasteiger partial charge in [0.05, 0.1) is 32.2 Å². The molecule has 3 aromatic rings. The molecule has 1 aliphatic rings. The molecule has 0 spiro atoms. The lowest BCUT2D eigenvalue weighted by Gasteiger charge is -2.29. The van der Waals surface area contributed by atoms with Crippen molar-refractivity contribution in [3.05, 3.63) is 60.4 Å². The van der Waals surface area contributed by atoms with Crippen LogP contribution in [0.2, 0.25) is 0 Å². The molecule has 2 aromatic heterocycles. The molecule has 0 radical (unpaired) electrons. The number of methoxy groups -OCH3 is 1. The molecule has 4 rings (SSSR count). The fourth-order valence-corrected chi connectivity index (χ4v) is 3.10. The van der Waals surface area contributed by atoms with Crippen LogP contribution in [0.15, 0.2) is 59.2 Å². The van der Waals surface area contributed by atoms with Crippen molar-refractivity contribution in [2.24, 2.45) is 0 Å². The zero-order chi connectivity index (χ0) is 19.3. The number of carbonyl (C=O) groups is 1. The van der Waals surface area contributed by atoms with Crippen LogP contribution in [0.4, 0.5) is 11.5 Å². The van der Waals surface area contributed by atoms with Gasteiger partial charge in [-0.15, -0.1) is 0 Å². The first-order valence-electron chi connectivity index (χ1n) is 9.07. The Hall–Kier alpha value is -3.32. The molecule has 0 atom stereocenters. The summed E-state index contributed by atoms with van der Waals surface area (Å²) >= 11 is 0. The van der Waals surface area contributed by atoms with Gasteiger partial charge in [0, 0.05) is 24.8 Å². The summed E-state index contributed by atoms with van der Waals surface area (Å²) in [6.45, 7) is 2.55. The maximum atomic E-state index is 13.0. The van der Waals surface area contributed by atoms with Crippen LogP contribution in [-0.2, 0) is 4.74 Å². The smallest absolute Gasteiger partial charge is 0.259 e. The van der Waals surface area contributed by atoms with Gasteiger partial charge < -0.3 is 24.1 Å². The Morgan fingerprint density at radius 1 is 1.14 bits per heavy atom. The number of carbonyl (C=O) groups excluding carboxylic acids is 1. The lowest BCUT2D eigenvalue weighted by atomic mass is 10.1. The first-order valence-corrected chi connectivity index (χ1v) is 9.07. The van der Waals surface area contributed by atoms with Crippen molar-refractivity contribution < 1.29 is 18.7 Å². The minimum Gasteiger partial charge on any atom is -0.497 e. The summed E-state index contributed by atoms with van der Waals surface area (Å²) in [7, 11) is 1.59. The van der Waals surface area contributed by atoms with Gasteiger partial charge in [-0.1, -0.05) is 6.07 Å². The number of hydrogen-bond acceptors (Lipinski definition) is 6. The number of rotatable bonds is 5. The number of amides is 1. The van der Waals surface area contributed by atoms with Gasteiger partial charge in [-0.05, 0) is 36.4 Å². The van der Waals surface area contributed by atoms with E-state index in [1.165, 1.54) is 0 Å². The van der Waals surface area contributed by atoms with E-state index in [9.17, 15) is 4.79 Å². The van der Waals surface area contributed by atoms with Crippen molar-refractivity contribution in [2.75, 3.05) is 43.6 Å². The summed E-state index contributed by atoms with van der Waals surface area (Å²) in [6.07, 6.45) is 1.61. The first-order chi connectivity index (χ1) is 13.7. The van der Waals surface area contributed by atoms with Gasteiger partial charge in [0.2, 0.25) is 0 Å². The molecule has 7 heteroatoms. The molecule has 0 saturated carbocycles. The largest absolute Gasteiger partial charge is 0.497 e. The molecule has 1 amide bonds. The van der Waals surface area contributed by atoms with E-state index >= 15 is 0 Å². The molecule has 1 N–H and O–H groups in total. The second kappa shape index (κ2) is 8.14. The third kappa shape index (κ3) is 3.84. The number of nitrogens with zero attached hydrogens (tertiary/aromatic N) is 2. The highest BCUT2D eigenvalue weighted by molar-refractivity contribution is 6.07. The van der Waals surface area contributed by atoms with Crippen LogP contribution >= 0.6 is 0 Å². The maximum Gasteiger partial charge on any atom is 0.259 e. The van der Waals surface area contributed by atoms with Crippen molar-refractivity contribution in [1.29, 1.82) is 0 Å². The van der Waals surface area contributed by atoms with Gasteiger partial charge in [-0.3, -0.25) is 4.79 Å². The number of aromatic nitrogens is 1. The summed E-state index contributed by atoms with van der Waals surface area (Å²) in [6, 6.07) is 14.5. The number of benzene rings is 1. The third-order valence-corrected chi connectivity index (χ3v) is 4.53. The van der Waals surface area contributed by atoms with E-state index in [0.717, 1.165) is 0 Å². The number of ether oxygens (including phenoxy) is 2. The third-order valence-electron chi connectivity index (χ3n) is 4.53. The number of pyridine rings is 1. The summed E-state index contributed by atoms with van der Waals surface area (Å²) in [5.74, 6) is 1.73. The molecule has 144 valence electrons. The predicted molar refractivity (Wildman–Crippen MR) is 106 cm³/mol. The number of anilines is 2. The molecule has 7 nitrogen and oxygen atoms in total. The summed E-state index contributed by atoms with van der Waals surface area (Å²) in [5.41, 5.74) is 1.84. The van der Waals surface area contributed by atoms with E-state index in [0.29, 0.717) is 60.6 Å². The van der Waals surface area contributed by atoms with Gasteiger partial charge in [0.1, 0.15) is 17.3 Å². The first kappa shape index (κ1) is 18.1. The minimum atomic E-state index is -0.228. The van der Waals surface area contributed by atoms with Crippen LogP contribution in [0.5, 0.6) is 5.75 Å². The molecule has 1 fully saturated rings. The van der Waals surface area contributed by atoms with Crippen molar-refractivity contribution in [2.45, 2.75) is 0 Å². The topological polar surface area (TPSA) is 76.8 Å². The zero-order valence-electron chi connectivity index (χ0n) is 15.6. The number of morpholine rings is 1. The Labute approximate surface area is 162 Å². The number of hydrogen-bond donors (Lipinski definition) is 1. The fourth-order valence-electron chi connectivity index (χ4n) is 3.10. The van der Waals surface area contributed by atoms with Crippen molar-refractivity contribution >= 4 is 17.4 Å². The normalized spacial score (nSPS) is 14.0. The molecule has 28 heavy (non-hydrogen) atoms. The van der Waals surface area contributed by atoms with Crippen LogP contribution in [0.1, 0.15) is 10.4 Å². The molecule has 0 bridgehead atoms. The van der Waals surface area contributed by atoms with Gasteiger partial charge in [0.25, 0.3) is 5.91 Å². The van der Waals surface area contributed by atoms with E-state index in [2.05, 4.69) is 10.2 Å². The Balaban J connectivity index is 1.67. The molecule has 0 aliphatic carbocycles. The van der Waals surface area contributed by atoms with Crippen molar-refractivity contribution in [3.8, 4) is 17.2 Å². The Morgan fingerprint density at radius 2 is 2.00 bits per heavy atom. The highest BCUT2D eigenvalue weighted by atomic mass is 16.5. The quantitative estimate of drug-likeness (QED) is 0.732. The highest BCUT2D eigenvalue weighted by Gasteiger charge is 2.22. The van der Waals surface area contributed by atoms with Crippen LogP contribution < -0.4 is 15.0 Å². The lowest BCUT2D eigenvalue weighted by Crippen LogP contribution is -2.38. The second-order valence-corrected chi connectivity index (χ2v) is 6.33. The Morgan fingerprint density at radius 3 is 2.75 bits per heavy atom. The number of nitrogens with one attached hydrogen (secondary N) is 1. The van der Waals surface area contributed by atoms with Crippen LogP contribution in [0.3, 0.4) is 0 Å². The average molecular weight is 379 g/mol. The molecular weight excluding hydrogens is 358 g/mol. The minimum absolute atomic E-state index is 0.228. The Kier molecular flexibility index (Phi) is 5.25. The van der Waals surface area contributed by atoms with E-state index in [4.69, 9.17) is 18.9 Å². The molecular formula is C21H21N3O4. The molecule has 3 heterocycles. The van der Waals surface area contributed by atoms with E-state index in [-0.39, 0.29) is 5.91 Å². The lowest BCUT2D eigenvalue weighted by molar-refractivity contribution is 0.102. The van der Waals surface area contributed by atoms with Gasteiger partial charge in [-0.2, -0.15) is 0 Å². The Bertz CT molecular complexity index is 950. The SMILES string of the molecule is COc1cccc(NC(=O)c2ccc(-c3ccco3)nc2N2CCOCC2)c1. The van der Waals surface area contributed by atoms with Crippen LogP contribution in [-0.4, -0.2) is 44.3 Å². The summed E-state index contributed by atoms with van der Waals surface area (Å²) in [5, 5.41) is 2.93. The highest BCUT2D eigenvalue weighted by Crippen LogP contribution is 2.27. The molecule has 0 unspecified atom stereocenters. The summed E-state index contributed by atoms with van der Waals surface area (Å²) < 4.78 is 16.1. The van der Waals surface area contributed by atoms with Gasteiger partial charge >= 0.3 is 0 Å². The molecule has 1 aromatic carbocycles. The van der Waals surface area contributed by atoms with Gasteiger partial charge in [0.15, 0.2) is 5.76 Å². The molecule has 1 saturated heterocycles. The van der Waals surface area contributed by atoms with Crippen molar-refractivity contribution in [1.82, 2.24) is 4.98 Å². The number of furan rings is 1. The van der Waals surface area contributed by atoms with Crippen molar-refractivity contribution in [3.63, 3.8) is 0 Å². The van der Waals surface area contributed by atoms with Gasteiger partial charge in [-0.25, -0.2) is 4.98 Å². The fraction of sp³-hybridized carbons (Fsp3) is 0.238. The monoisotopic (exact) mass is 379 g/mol. The average Bonchev–Trinajstić information content (AvgIpc) is 3.29. The predicted octanol–water partition coefficient (Wildman–Crippen LogP) is 3.44. The summed E-state index contributed by atoms with van der Waals surface area (Å²) in [4.78, 5) is 19.8. The molecule has 1 aliphatic heterocycles. The standard InChI is InChI=1S/C21H21N3O4/c1-26-16-5-2-4-15(14-16)22-21(25)17-7-8-18(19-6-3-11-28-19)23-20(17)24-9-12-27-13-10-24/h2-8,11,14H,9-10,12-13H2,1H3,(H,22,25). The maximum absolute atomic E-state index is 13.0. The van der Waals surface area contributed by atoms with Crippen LogP contribution in [0, 0.1) is 0 Å². The van der Waals surface area contributed by atoms with E-state index in [1.54, 1.807) is 31.6 Å². The van der Waals surface area contributed by atoms with E-state index in [1.807, 2.05) is 30.3 Å². The van der Waals surface area contributed by atoms with E-state index < -0.39 is 0 Å². The van der Waals surface area contributed by atoms with Crippen LogP contribution in [0.25, 0.3) is 11.5 Å². The second-order valence-electron chi connectivity index (χ2n) is 6.33.